The summed E-state index contributed by atoms with van der Waals surface area (Å²) in [5, 5.41) is 8.11. The molecule has 0 bridgehead atoms. The van der Waals surface area contributed by atoms with Crippen LogP contribution in [0.1, 0.15) is 6.42 Å². The molecule has 1 unspecified atom stereocenters. The lowest BCUT2D eigenvalue weighted by atomic mass is 10.2. The number of hydrogen-bond donors (Lipinski definition) is 0. The summed E-state index contributed by atoms with van der Waals surface area (Å²) in [4.78, 5) is 0. The zero-order valence-corrected chi connectivity index (χ0v) is 6.25. The first-order valence-corrected chi connectivity index (χ1v) is 3.23. The van der Waals surface area contributed by atoms with Crippen molar-refractivity contribution < 1.29 is 22.7 Å². The fourth-order valence-corrected chi connectivity index (χ4v) is 0.735. The van der Waals surface area contributed by atoms with Crippen LogP contribution in [0.25, 0.3) is 0 Å². The number of rotatable bonds is 3. The highest BCUT2D eigenvalue weighted by atomic mass is 79.9. The summed E-state index contributed by atoms with van der Waals surface area (Å²) < 4.78 is 46.2. The van der Waals surface area contributed by atoms with E-state index in [1.54, 1.807) is 0 Å². The Hall–Kier alpha value is 0.160. The van der Waals surface area contributed by atoms with E-state index in [-0.39, 0.29) is 0 Å². The lowest BCUT2D eigenvalue weighted by Crippen LogP contribution is -2.29. The van der Waals surface area contributed by atoms with Gasteiger partial charge in [-0.15, -0.1) is 0 Å². The predicted octanol–water partition coefficient (Wildman–Crippen LogP) is 2.43. The lowest BCUT2D eigenvalue weighted by Gasteiger charge is -2.14. The van der Waals surface area contributed by atoms with Gasteiger partial charge in [-0.25, -0.2) is 22.7 Å². The van der Waals surface area contributed by atoms with Gasteiger partial charge in [-0.1, -0.05) is 15.9 Å². The van der Waals surface area contributed by atoms with Crippen molar-refractivity contribution >= 4 is 15.9 Å². The van der Waals surface area contributed by atoms with E-state index >= 15 is 0 Å². The zero-order chi connectivity index (χ0) is 8.36. The average molecular weight is 224 g/mol. The number of hydrogen-bond acceptors (Lipinski definition) is 0. The van der Waals surface area contributed by atoms with Crippen molar-refractivity contribution in [1.82, 2.24) is 0 Å². The van der Waals surface area contributed by atoms with Crippen molar-refractivity contribution in [3.63, 3.8) is 0 Å². The standard InChI is InChI=1S/C4H4BrF4O/c5-2(10)1-4(8,9)3(6)7/h2-3H,1H2. The molecule has 0 saturated carbocycles. The van der Waals surface area contributed by atoms with Crippen LogP contribution in [0, 0.1) is 0 Å². The van der Waals surface area contributed by atoms with Gasteiger partial charge in [0.15, 0.2) is 5.01 Å². The maximum absolute atomic E-state index is 11.8. The molecule has 0 heterocycles. The van der Waals surface area contributed by atoms with Crippen LogP contribution in [0.15, 0.2) is 0 Å². The highest BCUT2D eigenvalue weighted by molar-refractivity contribution is 9.09. The van der Waals surface area contributed by atoms with Crippen LogP contribution in [-0.4, -0.2) is 17.4 Å². The molecule has 6 heteroatoms. The first-order chi connectivity index (χ1) is 4.36. The van der Waals surface area contributed by atoms with E-state index in [4.69, 9.17) is 0 Å². The molecule has 0 aliphatic rings. The van der Waals surface area contributed by atoms with Gasteiger partial charge in [-0.2, -0.15) is 0 Å². The summed E-state index contributed by atoms with van der Waals surface area (Å²) in [7, 11) is 0. The van der Waals surface area contributed by atoms with Crippen LogP contribution in [0.2, 0.25) is 0 Å². The normalized spacial score (nSPS) is 15.9. The Bertz CT molecular complexity index is 105. The van der Waals surface area contributed by atoms with Gasteiger partial charge in [0.1, 0.15) is 0 Å². The van der Waals surface area contributed by atoms with Gasteiger partial charge in [0.05, 0.1) is 6.42 Å². The Morgan fingerprint density at radius 1 is 1.40 bits per heavy atom. The molecule has 0 rings (SSSR count). The fraction of sp³-hybridized carbons (Fsp3) is 1.00. The minimum atomic E-state index is -4.17. The smallest absolute Gasteiger partial charge is 0.220 e. The molecule has 0 N–H and O–H groups in total. The third-order valence-corrected chi connectivity index (χ3v) is 1.08. The van der Waals surface area contributed by atoms with E-state index in [0.717, 1.165) is 0 Å². The summed E-state index contributed by atoms with van der Waals surface area (Å²) in [5.41, 5.74) is 0. The monoisotopic (exact) mass is 223 g/mol. The second kappa shape index (κ2) is 3.52. The average Bonchev–Trinajstić information content (AvgIpc) is 1.60. The van der Waals surface area contributed by atoms with Gasteiger partial charge in [0.2, 0.25) is 0 Å². The molecule has 1 nitrogen and oxygen atoms in total. The molecule has 0 spiro atoms. The third-order valence-electron chi connectivity index (χ3n) is 0.752. The quantitative estimate of drug-likeness (QED) is 0.518. The Morgan fingerprint density at radius 2 is 1.80 bits per heavy atom. The highest BCUT2D eigenvalue weighted by Crippen LogP contribution is 2.29. The Balaban J connectivity index is 3.87. The Labute approximate surface area is 63.2 Å². The predicted molar refractivity (Wildman–Crippen MR) is 29.0 cm³/mol. The van der Waals surface area contributed by atoms with Gasteiger partial charge in [-0.05, 0) is 0 Å². The van der Waals surface area contributed by atoms with Crippen LogP contribution in [0.5, 0.6) is 0 Å². The maximum atomic E-state index is 11.8. The molecule has 1 radical (unpaired) electrons. The van der Waals surface area contributed by atoms with Gasteiger partial charge >= 0.3 is 12.3 Å². The van der Waals surface area contributed by atoms with E-state index in [0.29, 0.717) is 0 Å². The van der Waals surface area contributed by atoms with Crippen LogP contribution < -0.4 is 0 Å². The molecule has 0 fully saturated rings. The van der Waals surface area contributed by atoms with E-state index in [1.165, 1.54) is 0 Å². The minimum Gasteiger partial charge on any atom is -0.220 e. The van der Waals surface area contributed by atoms with E-state index in [1.807, 2.05) is 0 Å². The van der Waals surface area contributed by atoms with Crippen LogP contribution in [-0.2, 0) is 5.11 Å². The molecule has 0 aromatic carbocycles. The second-order valence-corrected chi connectivity index (χ2v) is 2.70. The van der Waals surface area contributed by atoms with Gasteiger partial charge in [-0.3, -0.25) is 0 Å². The van der Waals surface area contributed by atoms with E-state index < -0.39 is 23.8 Å². The van der Waals surface area contributed by atoms with Crippen LogP contribution >= 0.6 is 15.9 Å². The highest BCUT2D eigenvalue weighted by Gasteiger charge is 2.42. The molecule has 10 heavy (non-hydrogen) atoms. The molecule has 0 saturated heterocycles. The molecule has 61 valence electrons. The topological polar surface area (TPSA) is 19.9 Å². The summed E-state index contributed by atoms with van der Waals surface area (Å²) in [6.45, 7) is 0. The largest absolute Gasteiger partial charge is 0.310 e. The molecular formula is C4H4BrF4O. The first kappa shape index (κ1) is 10.2. The zero-order valence-electron chi connectivity index (χ0n) is 4.66. The Kier molecular flexibility index (Phi) is 3.58. The molecule has 0 amide bonds. The fourth-order valence-electron chi connectivity index (χ4n) is 0.303. The molecule has 0 aromatic heterocycles. The van der Waals surface area contributed by atoms with Gasteiger partial charge in [0.25, 0.3) is 0 Å². The lowest BCUT2D eigenvalue weighted by molar-refractivity contribution is -0.144. The number of halogens is 5. The molecule has 1 atom stereocenters. The van der Waals surface area contributed by atoms with Crippen molar-refractivity contribution in [2.24, 2.45) is 0 Å². The molecule has 0 aliphatic heterocycles. The van der Waals surface area contributed by atoms with Crippen molar-refractivity contribution in [2.75, 3.05) is 0 Å². The minimum absolute atomic E-state index is 1.38. The molecule has 0 aliphatic carbocycles. The first-order valence-electron chi connectivity index (χ1n) is 2.32. The van der Waals surface area contributed by atoms with Crippen molar-refractivity contribution in [1.29, 1.82) is 0 Å². The molecular weight excluding hydrogens is 220 g/mol. The SMILES string of the molecule is [O]C(Br)CC(F)(F)C(F)F. The second-order valence-electron chi connectivity index (χ2n) is 1.68. The summed E-state index contributed by atoms with van der Waals surface area (Å²) in [6.07, 6.45) is -5.15. The van der Waals surface area contributed by atoms with Crippen LogP contribution in [0.4, 0.5) is 17.6 Å². The molecule has 0 aromatic rings. The third kappa shape index (κ3) is 3.36. The van der Waals surface area contributed by atoms with Crippen molar-refractivity contribution in [3.8, 4) is 0 Å². The Morgan fingerprint density at radius 3 is 1.90 bits per heavy atom. The summed E-state index contributed by atoms with van der Waals surface area (Å²) in [6, 6.07) is 0. The van der Waals surface area contributed by atoms with E-state index in [2.05, 4.69) is 15.9 Å². The van der Waals surface area contributed by atoms with Crippen molar-refractivity contribution in [2.45, 2.75) is 23.8 Å². The van der Waals surface area contributed by atoms with Gasteiger partial charge in [0, 0.05) is 0 Å². The summed E-state index contributed by atoms with van der Waals surface area (Å²) >= 11 is 2.21. The number of alkyl halides is 5. The maximum Gasteiger partial charge on any atom is 0.310 e. The van der Waals surface area contributed by atoms with Crippen LogP contribution in [0.3, 0.4) is 0 Å². The van der Waals surface area contributed by atoms with Gasteiger partial charge < -0.3 is 0 Å². The van der Waals surface area contributed by atoms with Crippen molar-refractivity contribution in [3.05, 3.63) is 0 Å². The van der Waals surface area contributed by atoms with E-state index in [9.17, 15) is 22.7 Å². The summed E-state index contributed by atoms with van der Waals surface area (Å²) in [5.74, 6) is -4.17.